The molecule has 0 aliphatic carbocycles. The van der Waals surface area contributed by atoms with Crippen molar-refractivity contribution in [1.29, 1.82) is 0 Å². The third-order valence-corrected chi connectivity index (χ3v) is 20.6. The summed E-state index contributed by atoms with van der Waals surface area (Å²) >= 11 is 0. The number of carbonyl (C=O) groups excluding carboxylic acids is 4. The maximum atomic E-state index is 11.8. The van der Waals surface area contributed by atoms with E-state index in [1.807, 2.05) is 146 Å². The Bertz CT molecular complexity index is 4510. The molecule has 0 saturated heterocycles. The number of esters is 4. The van der Waals surface area contributed by atoms with E-state index >= 15 is 0 Å². The summed E-state index contributed by atoms with van der Waals surface area (Å²) in [5, 5.41) is 18.6. The molecule has 126 heavy (non-hydrogen) atoms. The number of hydrogen-bond acceptors (Lipinski definition) is 19. The van der Waals surface area contributed by atoms with Crippen LogP contribution in [0.4, 0.5) is 0 Å². The maximum absolute atomic E-state index is 11.8. The maximum Gasteiger partial charge on any atom is 0.338 e. The second kappa shape index (κ2) is 58.7. The van der Waals surface area contributed by atoms with E-state index in [1.54, 1.807) is 76.2 Å². The Morgan fingerprint density at radius 2 is 0.484 bits per heavy atom. The Labute approximate surface area is 747 Å². The Balaban J connectivity index is 0.000000322. The van der Waals surface area contributed by atoms with E-state index in [2.05, 4.69) is 55.5 Å². The molecule has 1 atom stereocenters. The van der Waals surface area contributed by atoms with Gasteiger partial charge in [0.05, 0.1) is 59.5 Å². The average Bonchev–Trinajstić information content (AvgIpc) is 0.862. The van der Waals surface area contributed by atoms with Gasteiger partial charge in [-0.15, -0.1) is 0 Å². The SMILES string of the molecule is C=C(C)C(=O)Oc1ccc(-c2ccc(COCCCCCCCOCC(COCCCCCCCCOc3ccc(-c4ccc(OC(=O)C(=C)C)cc4)cc3)COc3ccc(OCCO)cc3)cc2)cc1.C=C(C)C(=O)Oc1ccc(-c2ccc(OCCCCCCCN(CCO)CCCCCCOc3ccc(-c4ccc(OC(=O)C(=C)C)cc4)cc3)cc2)cc1. The fourth-order valence-electron chi connectivity index (χ4n) is 13.3. The van der Waals surface area contributed by atoms with E-state index in [-0.39, 0.29) is 25.7 Å². The van der Waals surface area contributed by atoms with Crippen LogP contribution in [0.3, 0.4) is 0 Å². The smallest absolute Gasteiger partial charge is 0.338 e. The minimum atomic E-state index is -0.430. The summed E-state index contributed by atoms with van der Waals surface area (Å²) in [5.74, 6) is 4.39. The van der Waals surface area contributed by atoms with Crippen molar-refractivity contribution in [2.24, 2.45) is 5.92 Å². The van der Waals surface area contributed by atoms with E-state index in [0.717, 1.165) is 215 Å². The first-order chi connectivity index (χ1) is 61.4. The van der Waals surface area contributed by atoms with Crippen molar-refractivity contribution in [3.05, 3.63) is 273 Å². The molecule has 2 N–H and O–H groups in total. The Morgan fingerprint density at radius 1 is 0.254 bits per heavy atom. The van der Waals surface area contributed by atoms with Crippen LogP contribution >= 0.6 is 0 Å². The summed E-state index contributed by atoms with van der Waals surface area (Å²) in [4.78, 5) is 49.4. The highest BCUT2D eigenvalue weighted by atomic mass is 16.6. The van der Waals surface area contributed by atoms with Gasteiger partial charge in [-0.1, -0.05) is 213 Å². The number of carbonyl (C=O) groups is 4. The Hall–Kier alpha value is -11.4. The van der Waals surface area contributed by atoms with Gasteiger partial charge in [-0.25, -0.2) is 19.2 Å². The second-order valence-electron chi connectivity index (χ2n) is 31.7. The Morgan fingerprint density at radius 3 is 0.762 bits per heavy atom. The summed E-state index contributed by atoms with van der Waals surface area (Å²) in [6.45, 7) is 30.6. The lowest BCUT2D eigenvalue weighted by Crippen LogP contribution is -2.29. The summed E-state index contributed by atoms with van der Waals surface area (Å²) in [6.07, 6.45) is 22.0. The van der Waals surface area contributed by atoms with Gasteiger partial charge in [0, 0.05) is 54.6 Å². The Kier molecular flexibility index (Phi) is 46.6. The zero-order valence-corrected chi connectivity index (χ0v) is 74.5. The van der Waals surface area contributed by atoms with Gasteiger partial charge in [-0.05, 0) is 251 Å². The largest absolute Gasteiger partial charge is 0.494 e. The van der Waals surface area contributed by atoms with Crippen LogP contribution in [0.25, 0.3) is 44.5 Å². The minimum Gasteiger partial charge on any atom is -0.494 e. The van der Waals surface area contributed by atoms with Crippen LogP contribution in [-0.2, 0) is 40.0 Å². The predicted octanol–water partition coefficient (Wildman–Crippen LogP) is 23.2. The topological polar surface area (TPSA) is 223 Å². The second-order valence-corrected chi connectivity index (χ2v) is 31.7. The summed E-state index contributed by atoms with van der Waals surface area (Å²) in [6, 6.07) is 69.7. The standard InChI is InChI=1S/C60H74O11.C47H57NO7/c1-46(2)59(62)70-57-28-22-52(23-29-57)50-18-16-48(17-19-50)42-64-37-13-9-7-10-14-39-66-44-49(45-69-56-34-32-55(33-35-56)68-41-36-61)43-65-38-12-8-5-6-11-15-40-67-54-26-20-51(21-27-54)53-24-30-58(31-25-53)71-60(63)47(3)4;1-36(2)46(50)54-44-26-18-40(19-27-44)38-14-22-42(23-15-38)52-34-12-8-5-6-10-30-48(32-33-49)31-11-7-9-13-35-53-43-24-16-39(17-25-43)41-20-28-45(29-21-41)55-47(51)37(3)4/h16-35,49,61H,1,3,5-15,36-45H2,2,4H3;14-29,49H,1,3,5-13,30-35H2,2,4H3. The first kappa shape index (κ1) is 100.0. The summed E-state index contributed by atoms with van der Waals surface area (Å²) in [5.41, 5.74) is 11.0. The summed E-state index contributed by atoms with van der Waals surface area (Å²) in [7, 11) is 0. The van der Waals surface area contributed by atoms with E-state index in [4.69, 9.17) is 61.9 Å². The van der Waals surface area contributed by atoms with Crippen LogP contribution in [0.15, 0.2) is 267 Å². The molecule has 0 fully saturated rings. The molecule has 9 aromatic carbocycles. The van der Waals surface area contributed by atoms with Crippen molar-refractivity contribution in [2.45, 2.75) is 163 Å². The predicted molar refractivity (Wildman–Crippen MR) is 501 cm³/mol. The molecular weight excluding hydrogens is 1590 g/mol. The molecular formula is C107H131NO18. The lowest BCUT2D eigenvalue weighted by molar-refractivity contribution is -0.130. The fraction of sp³-hybridized carbons (Fsp3) is 0.383. The highest BCUT2D eigenvalue weighted by Gasteiger charge is 2.16. The molecule has 0 aromatic heterocycles. The molecule has 0 aliphatic heterocycles. The molecule has 0 amide bonds. The van der Waals surface area contributed by atoms with Gasteiger partial charge in [-0.2, -0.15) is 0 Å². The average molecular weight is 1720 g/mol. The molecule has 9 rings (SSSR count). The van der Waals surface area contributed by atoms with Gasteiger partial charge in [0.1, 0.15) is 58.4 Å². The quantitative estimate of drug-likeness (QED) is 0.0156. The highest BCUT2D eigenvalue weighted by Crippen LogP contribution is 2.31. The molecule has 9 aromatic rings. The van der Waals surface area contributed by atoms with Crippen molar-refractivity contribution < 1.29 is 86.2 Å². The van der Waals surface area contributed by atoms with Crippen molar-refractivity contribution in [1.82, 2.24) is 4.90 Å². The van der Waals surface area contributed by atoms with E-state index in [1.165, 1.54) is 12.8 Å². The van der Waals surface area contributed by atoms with Gasteiger partial charge in [-0.3, -0.25) is 0 Å². The van der Waals surface area contributed by atoms with Gasteiger partial charge in [0.15, 0.2) is 0 Å². The summed E-state index contributed by atoms with van der Waals surface area (Å²) < 4.78 is 68.9. The molecule has 0 radical (unpaired) electrons. The van der Waals surface area contributed by atoms with Crippen LogP contribution in [0, 0.1) is 5.92 Å². The highest BCUT2D eigenvalue weighted by molar-refractivity contribution is 5.90. The number of aliphatic hydroxyl groups is 2. The number of rotatable bonds is 61. The fourth-order valence-corrected chi connectivity index (χ4v) is 13.3. The molecule has 0 spiro atoms. The van der Waals surface area contributed by atoms with Gasteiger partial charge >= 0.3 is 23.9 Å². The van der Waals surface area contributed by atoms with Crippen LogP contribution in [0.1, 0.15) is 162 Å². The molecule has 0 saturated carbocycles. The van der Waals surface area contributed by atoms with Crippen LogP contribution in [-0.4, -0.2) is 138 Å². The van der Waals surface area contributed by atoms with E-state index < -0.39 is 23.9 Å². The zero-order chi connectivity index (χ0) is 89.6. The van der Waals surface area contributed by atoms with Crippen molar-refractivity contribution in [2.75, 3.05) is 98.9 Å². The van der Waals surface area contributed by atoms with Crippen LogP contribution in [0.5, 0.6) is 51.7 Å². The van der Waals surface area contributed by atoms with Gasteiger partial charge < -0.3 is 72.0 Å². The third kappa shape index (κ3) is 39.8. The van der Waals surface area contributed by atoms with Gasteiger partial charge in [0.25, 0.3) is 0 Å². The first-order valence-electron chi connectivity index (χ1n) is 44.6. The van der Waals surface area contributed by atoms with Crippen molar-refractivity contribution in [3.8, 4) is 96.3 Å². The lowest BCUT2D eigenvalue weighted by Gasteiger charge is -2.21. The zero-order valence-electron chi connectivity index (χ0n) is 74.5. The number of unbranched alkanes of at least 4 members (excludes halogenated alkanes) is 16. The molecule has 1 unspecified atom stereocenters. The van der Waals surface area contributed by atoms with Crippen LogP contribution in [0.2, 0.25) is 0 Å². The lowest BCUT2D eigenvalue weighted by atomic mass is 10.0. The molecule has 0 bridgehead atoms. The number of aliphatic hydroxyl groups excluding tert-OH is 2. The van der Waals surface area contributed by atoms with Crippen molar-refractivity contribution >= 4 is 23.9 Å². The van der Waals surface area contributed by atoms with Gasteiger partial charge in [0.2, 0.25) is 0 Å². The first-order valence-corrected chi connectivity index (χ1v) is 44.6. The number of nitrogens with zero attached hydrogens (tertiary/aromatic N) is 1. The minimum absolute atomic E-state index is 0.0299. The molecule has 19 heteroatoms. The number of benzene rings is 9. The van der Waals surface area contributed by atoms with E-state index in [9.17, 15) is 24.3 Å². The molecule has 672 valence electrons. The number of hydrogen-bond donors (Lipinski definition) is 2. The molecule has 19 nitrogen and oxygen atoms in total. The molecule has 0 heterocycles. The van der Waals surface area contributed by atoms with Crippen LogP contribution < -0.4 is 42.6 Å². The third-order valence-electron chi connectivity index (χ3n) is 20.6. The monoisotopic (exact) mass is 1720 g/mol. The normalized spacial score (nSPS) is 11.2. The molecule has 0 aliphatic rings. The number of ether oxygens (including phenoxy) is 12. The van der Waals surface area contributed by atoms with E-state index in [0.29, 0.717) is 111 Å². The van der Waals surface area contributed by atoms with Crippen molar-refractivity contribution in [3.63, 3.8) is 0 Å².